The molecule has 0 bridgehead atoms. The van der Waals surface area contributed by atoms with Crippen LogP contribution in [-0.4, -0.2) is 0 Å². The van der Waals surface area contributed by atoms with Gasteiger partial charge in [0.2, 0.25) is 0 Å². The van der Waals surface area contributed by atoms with Gasteiger partial charge in [-0.3, -0.25) is 0 Å². The lowest BCUT2D eigenvalue weighted by molar-refractivity contribution is 0.411. The van der Waals surface area contributed by atoms with Crippen molar-refractivity contribution < 1.29 is 0 Å². The minimum atomic E-state index is 0.404. The number of hydrogen-bond acceptors (Lipinski definition) is 0. The van der Waals surface area contributed by atoms with E-state index in [-0.39, 0.29) is 0 Å². The molecule has 1 aromatic rings. The average Bonchev–Trinajstić information content (AvgIpc) is 2.36. The van der Waals surface area contributed by atoms with Gasteiger partial charge in [0, 0.05) is 0 Å². The van der Waals surface area contributed by atoms with E-state index in [1.54, 1.807) is 0 Å². The molecule has 0 aromatic heterocycles. The first-order valence-electron chi connectivity index (χ1n) is 7.12. The molecule has 0 aliphatic rings. The van der Waals surface area contributed by atoms with Crippen molar-refractivity contribution in [2.45, 2.75) is 68.7 Å². The highest BCUT2D eigenvalue weighted by Crippen LogP contribution is 2.19. The molecule has 0 heteroatoms. The quantitative estimate of drug-likeness (QED) is 0.534. The molecule has 0 saturated carbocycles. The third kappa shape index (κ3) is 17.8. The highest BCUT2D eigenvalue weighted by molar-refractivity contribution is 5.15. The SMILES string of the molecule is CC.CC.CC.CC(C)(C)Cc1ccccc1. The van der Waals surface area contributed by atoms with Crippen LogP contribution in [0, 0.1) is 5.41 Å². The molecule has 0 amide bonds. The summed E-state index contributed by atoms with van der Waals surface area (Å²) >= 11 is 0. The van der Waals surface area contributed by atoms with E-state index < -0.39 is 0 Å². The predicted octanol–water partition coefficient (Wildman–Crippen LogP) is 6.35. The lowest BCUT2D eigenvalue weighted by Gasteiger charge is -2.17. The van der Waals surface area contributed by atoms with Crippen molar-refractivity contribution in [3.8, 4) is 0 Å². The van der Waals surface area contributed by atoms with E-state index in [9.17, 15) is 0 Å². The standard InChI is InChI=1S/C11H16.3C2H6/c1-11(2,3)9-10-7-5-4-6-8-10;3*1-2/h4-8H,9H2,1-3H3;3*1-2H3. The van der Waals surface area contributed by atoms with Gasteiger partial charge >= 0.3 is 0 Å². The van der Waals surface area contributed by atoms with Crippen LogP contribution in [0.15, 0.2) is 30.3 Å². The Labute approximate surface area is 110 Å². The maximum atomic E-state index is 2.26. The van der Waals surface area contributed by atoms with Crippen LogP contribution in [0.5, 0.6) is 0 Å². The van der Waals surface area contributed by atoms with Crippen LogP contribution in [0.25, 0.3) is 0 Å². The van der Waals surface area contributed by atoms with E-state index in [1.807, 2.05) is 41.5 Å². The highest BCUT2D eigenvalue weighted by Gasteiger charge is 2.09. The summed E-state index contributed by atoms with van der Waals surface area (Å²) in [5, 5.41) is 0. The third-order valence-electron chi connectivity index (χ3n) is 1.58. The fourth-order valence-corrected chi connectivity index (χ4v) is 1.21. The molecule has 0 aliphatic carbocycles. The lowest BCUT2D eigenvalue weighted by atomic mass is 9.88. The smallest absolute Gasteiger partial charge is 0.0230 e. The first-order chi connectivity index (χ1) is 8.08. The van der Waals surface area contributed by atoms with Crippen molar-refractivity contribution in [1.29, 1.82) is 0 Å². The molecule has 1 aromatic carbocycles. The zero-order chi connectivity index (χ0) is 14.3. The molecule has 1 rings (SSSR count). The van der Waals surface area contributed by atoms with E-state index in [0.717, 1.165) is 6.42 Å². The van der Waals surface area contributed by atoms with Crippen molar-refractivity contribution >= 4 is 0 Å². The van der Waals surface area contributed by atoms with Crippen LogP contribution >= 0.6 is 0 Å². The third-order valence-corrected chi connectivity index (χ3v) is 1.58. The van der Waals surface area contributed by atoms with Gasteiger partial charge in [-0.25, -0.2) is 0 Å². The summed E-state index contributed by atoms with van der Waals surface area (Å²) in [5.41, 5.74) is 1.83. The van der Waals surface area contributed by atoms with Gasteiger partial charge in [0.25, 0.3) is 0 Å². The first kappa shape index (κ1) is 21.5. The van der Waals surface area contributed by atoms with E-state index in [4.69, 9.17) is 0 Å². The monoisotopic (exact) mass is 238 g/mol. The second kappa shape index (κ2) is 15.2. The fraction of sp³-hybridized carbons (Fsp3) is 0.647. The van der Waals surface area contributed by atoms with Crippen LogP contribution in [0.3, 0.4) is 0 Å². The summed E-state index contributed by atoms with van der Waals surface area (Å²) in [4.78, 5) is 0. The molecule has 0 radical (unpaired) electrons. The summed E-state index contributed by atoms with van der Waals surface area (Å²) < 4.78 is 0. The normalized spacial score (nSPS) is 8.53. The number of benzene rings is 1. The zero-order valence-electron chi connectivity index (χ0n) is 13.6. The van der Waals surface area contributed by atoms with Crippen molar-refractivity contribution in [2.24, 2.45) is 5.41 Å². The van der Waals surface area contributed by atoms with Crippen LogP contribution in [-0.2, 0) is 6.42 Å². The predicted molar refractivity (Wildman–Crippen MR) is 83.6 cm³/mol. The Bertz CT molecular complexity index is 203. The Hall–Kier alpha value is -0.780. The van der Waals surface area contributed by atoms with Crippen LogP contribution in [0.4, 0.5) is 0 Å². The molecule has 102 valence electrons. The van der Waals surface area contributed by atoms with E-state index in [0.29, 0.717) is 5.41 Å². The first-order valence-corrected chi connectivity index (χ1v) is 7.12. The molecule has 0 atom stereocenters. The van der Waals surface area contributed by atoms with Gasteiger partial charge in [0.05, 0.1) is 0 Å². The van der Waals surface area contributed by atoms with Crippen LogP contribution in [0.1, 0.15) is 67.9 Å². The zero-order valence-corrected chi connectivity index (χ0v) is 13.6. The number of hydrogen-bond donors (Lipinski definition) is 0. The summed E-state index contributed by atoms with van der Waals surface area (Å²) in [6, 6.07) is 10.6. The summed E-state index contributed by atoms with van der Waals surface area (Å²) in [7, 11) is 0. The Morgan fingerprint density at radius 2 is 1.06 bits per heavy atom. The summed E-state index contributed by atoms with van der Waals surface area (Å²) in [5.74, 6) is 0. The van der Waals surface area contributed by atoms with Gasteiger partial charge in [-0.1, -0.05) is 92.6 Å². The molecule has 0 nitrogen and oxygen atoms in total. The van der Waals surface area contributed by atoms with E-state index in [2.05, 4.69) is 51.1 Å². The molecular weight excluding hydrogens is 204 g/mol. The topological polar surface area (TPSA) is 0 Å². The van der Waals surface area contributed by atoms with Gasteiger partial charge in [-0.05, 0) is 17.4 Å². The van der Waals surface area contributed by atoms with Crippen LogP contribution in [0.2, 0.25) is 0 Å². The maximum absolute atomic E-state index is 2.26. The Kier molecular flexibility index (Phi) is 19.2. The number of rotatable bonds is 1. The van der Waals surface area contributed by atoms with E-state index >= 15 is 0 Å². The second-order valence-electron chi connectivity index (χ2n) is 4.22. The molecule has 0 unspecified atom stereocenters. The minimum Gasteiger partial charge on any atom is -0.0683 e. The minimum absolute atomic E-state index is 0.404. The maximum Gasteiger partial charge on any atom is -0.0230 e. The Morgan fingerprint density at radius 3 is 1.35 bits per heavy atom. The van der Waals surface area contributed by atoms with Gasteiger partial charge < -0.3 is 0 Å². The van der Waals surface area contributed by atoms with E-state index in [1.165, 1.54) is 5.56 Å². The molecule has 0 aliphatic heterocycles. The average molecular weight is 238 g/mol. The van der Waals surface area contributed by atoms with Gasteiger partial charge in [0.15, 0.2) is 0 Å². The van der Waals surface area contributed by atoms with Crippen molar-refractivity contribution in [3.63, 3.8) is 0 Å². The summed E-state index contributed by atoms with van der Waals surface area (Å²) in [6.07, 6.45) is 1.16. The van der Waals surface area contributed by atoms with Crippen molar-refractivity contribution in [3.05, 3.63) is 35.9 Å². The van der Waals surface area contributed by atoms with Gasteiger partial charge in [-0.2, -0.15) is 0 Å². The second-order valence-corrected chi connectivity index (χ2v) is 4.22. The Morgan fingerprint density at radius 1 is 0.706 bits per heavy atom. The molecular formula is C17H34. The largest absolute Gasteiger partial charge is 0.0683 e. The van der Waals surface area contributed by atoms with Crippen molar-refractivity contribution in [1.82, 2.24) is 0 Å². The lowest BCUT2D eigenvalue weighted by Crippen LogP contribution is -2.08. The molecule has 0 fully saturated rings. The van der Waals surface area contributed by atoms with Gasteiger partial charge in [-0.15, -0.1) is 0 Å². The molecule has 0 N–H and O–H groups in total. The fourth-order valence-electron chi connectivity index (χ4n) is 1.21. The molecule has 0 saturated heterocycles. The molecule has 0 spiro atoms. The highest BCUT2D eigenvalue weighted by atomic mass is 14.1. The van der Waals surface area contributed by atoms with Gasteiger partial charge in [0.1, 0.15) is 0 Å². The molecule has 17 heavy (non-hydrogen) atoms. The summed E-state index contributed by atoms with van der Waals surface area (Å²) in [6.45, 7) is 18.8. The van der Waals surface area contributed by atoms with Crippen molar-refractivity contribution in [2.75, 3.05) is 0 Å². The Balaban J connectivity index is -0.000000285. The van der Waals surface area contributed by atoms with Crippen LogP contribution < -0.4 is 0 Å². The molecule has 0 heterocycles.